The van der Waals surface area contributed by atoms with E-state index in [0.717, 1.165) is 25.0 Å². The van der Waals surface area contributed by atoms with Gasteiger partial charge in [-0.3, -0.25) is 9.78 Å². The van der Waals surface area contributed by atoms with Gasteiger partial charge in [-0.1, -0.05) is 11.6 Å². The van der Waals surface area contributed by atoms with Gasteiger partial charge in [0.05, 0.1) is 16.7 Å². The summed E-state index contributed by atoms with van der Waals surface area (Å²) in [6.07, 6.45) is 3.84. The van der Waals surface area contributed by atoms with Crippen molar-refractivity contribution >= 4 is 17.5 Å². The molecule has 18 heavy (non-hydrogen) atoms. The van der Waals surface area contributed by atoms with Crippen LogP contribution in [0.5, 0.6) is 0 Å². The van der Waals surface area contributed by atoms with E-state index in [-0.39, 0.29) is 12.0 Å². The average Bonchev–Trinajstić information content (AvgIpc) is 2.72. The van der Waals surface area contributed by atoms with Crippen molar-refractivity contribution in [3.63, 3.8) is 0 Å². The van der Waals surface area contributed by atoms with Gasteiger partial charge in [-0.25, -0.2) is 0 Å². The fourth-order valence-electron chi connectivity index (χ4n) is 2.26. The molecule has 0 saturated heterocycles. The zero-order valence-electron chi connectivity index (χ0n) is 10.3. The minimum atomic E-state index is -0.212. The summed E-state index contributed by atoms with van der Waals surface area (Å²) in [4.78, 5) is 16.0. The second-order valence-electron chi connectivity index (χ2n) is 4.85. The Morgan fingerprint density at radius 2 is 2.39 bits per heavy atom. The summed E-state index contributed by atoms with van der Waals surface area (Å²) in [6, 6.07) is 1.68. The Hall–Kier alpha value is -1.13. The number of aryl methyl sites for hydroxylation is 1. The molecule has 2 unspecified atom stereocenters. The van der Waals surface area contributed by atoms with Crippen LogP contribution >= 0.6 is 11.6 Å². The van der Waals surface area contributed by atoms with Crippen LogP contribution < -0.4 is 5.32 Å². The standard InChI is InChI=1S/C13H17ClN2O2/c1-8-4-12(14)11(7-15-8)13(18)16-6-9-2-3-10(17)5-9/h4,7,9-10,17H,2-3,5-6H2,1H3,(H,16,18). The lowest BCUT2D eigenvalue weighted by molar-refractivity contribution is 0.0945. The SMILES string of the molecule is Cc1cc(Cl)c(C(=O)NCC2CCC(O)C2)cn1. The fraction of sp³-hybridized carbons (Fsp3) is 0.538. The Balaban J connectivity index is 1.91. The summed E-state index contributed by atoms with van der Waals surface area (Å²) in [5, 5.41) is 12.7. The van der Waals surface area contributed by atoms with Crippen molar-refractivity contribution in [2.24, 2.45) is 5.92 Å². The quantitative estimate of drug-likeness (QED) is 0.881. The van der Waals surface area contributed by atoms with Crippen LogP contribution in [0.1, 0.15) is 35.3 Å². The van der Waals surface area contributed by atoms with Gasteiger partial charge in [-0.15, -0.1) is 0 Å². The number of amides is 1. The first kappa shape index (κ1) is 13.3. The van der Waals surface area contributed by atoms with Gasteiger partial charge >= 0.3 is 0 Å². The second-order valence-corrected chi connectivity index (χ2v) is 5.26. The molecule has 1 aromatic rings. The predicted octanol–water partition coefficient (Wildman–Crippen LogP) is 1.93. The van der Waals surface area contributed by atoms with E-state index in [1.165, 1.54) is 6.20 Å². The number of halogens is 1. The van der Waals surface area contributed by atoms with Crippen LogP contribution in [0.3, 0.4) is 0 Å². The Bertz CT molecular complexity index is 451. The molecule has 2 atom stereocenters. The first-order chi connectivity index (χ1) is 8.56. The molecule has 4 nitrogen and oxygen atoms in total. The number of aliphatic hydroxyl groups is 1. The van der Waals surface area contributed by atoms with Crippen LogP contribution in [0.4, 0.5) is 0 Å². The first-order valence-electron chi connectivity index (χ1n) is 6.14. The van der Waals surface area contributed by atoms with Crippen molar-refractivity contribution < 1.29 is 9.90 Å². The van der Waals surface area contributed by atoms with E-state index in [1.54, 1.807) is 6.07 Å². The molecular formula is C13H17ClN2O2. The monoisotopic (exact) mass is 268 g/mol. The van der Waals surface area contributed by atoms with E-state index >= 15 is 0 Å². The molecule has 1 aliphatic rings. The lowest BCUT2D eigenvalue weighted by Crippen LogP contribution is -2.29. The number of carbonyl (C=O) groups is 1. The summed E-state index contributed by atoms with van der Waals surface area (Å²) in [7, 11) is 0. The highest BCUT2D eigenvalue weighted by Crippen LogP contribution is 2.24. The largest absolute Gasteiger partial charge is 0.393 e. The summed E-state index contributed by atoms with van der Waals surface area (Å²) < 4.78 is 0. The van der Waals surface area contributed by atoms with E-state index in [0.29, 0.717) is 23.0 Å². The first-order valence-corrected chi connectivity index (χ1v) is 6.52. The third-order valence-electron chi connectivity index (χ3n) is 3.30. The lowest BCUT2D eigenvalue weighted by atomic mass is 10.1. The van der Waals surface area contributed by atoms with Crippen LogP contribution in [0.25, 0.3) is 0 Å². The molecular weight excluding hydrogens is 252 g/mol. The normalized spacial score (nSPS) is 23.1. The third kappa shape index (κ3) is 3.21. The molecule has 0 radical (unpaired) electrons. The van der Waals surface area contributed by atoms with E-state index in [4.69, 9.17) is 11.6 Å². The van der Waals surface area contributed by atoms with Crippen LogP contribution in [0, 0.1) is 12.8 Å². The Kier molecular flexibility index (Phi) is 4.19. The lowest BCUT2D eigenvalue weighted by Gasteiger charge is -2.11. The van der Waals surface area contributed by atoms with Crippen molar-refractivity contribution in [3.05, 3.63) is 28.5 Å². The molecule has 0 aromatic carbocycles. The molecule has 0 bridgehead atoms. The van der Waals surface area contributed by atoms with Crippen molar-refractivity contribution in [1.82, 2.24) is 10.3 Å². The molecule has 2 rings (SSSR count). The molecule has 1 fully saturated rings. The summed E-state index contributed by atoms with van der Waals surface area (Å²) in [5.41, 5.74) is 1.19. The van der Waals surface area contributed by atoms with E-state index in [9.17, 15) is 9.90 Å². The minimum absolute atomic E-state index is 0.200. The molecule has 0 spiro atoms. The van der Waals surface area contributed by atoms with E-state index < -0.39 is 0 Å². The van der Waals surface area contributed by atoms with Crippen LogP contribution in [0.15, 0.2) is 12.3 Å². The molecule has 2 N–H and O–H groups in total. The topological polar surface area (TPSA) is 62.2 Å². The summed E-state index contributed by atoms with van der Waals surface area (Å²) in [6.45, 7) is 2.41. The fourth-order valence-corrected chi connectivity index (χ4v) is 2.55. The Morgan fingerprint density at radius 1 is 1.61 bits per heavy atom. The maximum Gasteiger partial charge on any atom is 0.254 e. The number of nitrogens with one attached hydrogen (secondary N) is 1. The minimum Gasteiger partial charge on any atom is -0.393 e. The molecule has 5 heteroatoms. The molecule has 1 heterocycles. The van der Waals surface area contributed by atoms with Gasteiger partial charge in [0.1, 0.15) is 0 Å². The number of aromatic nitrogens is 1. The van der Waals surface area contributed by atoms with Crippen LogP contribution in [-0.4, -0.2) is 28.6 Å². The number of aliphatic hydroxyl groups excluding tert-OH is 1. The molecule has 1 aromatic heterocycles. The highest BCUT2D eigenvalue weighted by molar-refractivity contribution is 6.33. The number of carbonyl (C=O) groups excluding carboxylic acids is 1. The Labute approximate surface area is 111 Å². The van der Waals surface area contributed by atoms with Crippen LogP contribution in [-0.2, 0) is 0 Å². The maximum absolute atomic E-state index is 11.9. The number of hydrogen-bond acceptors (Lipinski definition) is 3. The molecule has 0 aliphatic heterocycles. The number of hydrogen-bond donors (Lipinski definition) is 2. The highest BCUT2D eigenvalue weighted by Gasteiger charge is 2.23. The predicted molar refractivity (Wildman–Crippen MR) is 69.7 cm³/mol. The van der Waals surface area contributed by atoms with Gasteiger partial charge in [0.2, 0.25) is 0 Å². The van der Waals surface area contributed by atoms with E-state index in [1.807, 2.05) is 6.92 Å². The number of rotatable bonds is 3. The van der Waals surface area contributed by atoms with Gasteiger partial charge < -0.3 is 10.4 Å². The van der Waals surface area contributed by atoms with Crippen molar-refractivity contribution in [3.8, 4) is 0 Å². The molecule has 1 aliphatic carbocycles. The van der Waals surface area contributed by atoms with Crippen molar-refractivity contribution in [2.45, 2.75) is 32.3 Å². The van der Waals surface area contributed by atoms with Gasteiger partial charge in [0, 0.05) is 18.4 Å². The zero-order chi connectivity index (χ0) is 13.1. The van der Waals surface area contributed by atoms with Gasteiger partial charge in [-0.05, 0) is 38.2 Å². The second kappa shape index (κ2) is 5.67. The Morgan fingerprint density at radius 3 is 3.00 bits per heavy atom. The third-order valence-corrected chi connectivity index (χ3v) is 3.61. The zero-order valence-corrected chi connectivity index (χ0v) is 11.1. The van der Waals surface area contributed by atoms with Crippen molar-refractivity contribution in [1.29, 1.82) is 0 Å². The smallest absolute Gasteiger partial charge is 0.254 e. The summed E-state index contributed by atoms with van der Waals surface area (Å²) >= 11 is 6.00. The highest BCUT2D eigenvalue weighted by atomic mass is 35.5. The number of nitrogens with zero attached hydrogens (tertiary/aromatic N) is 1. The van der Waals surface area contributed by atoms with Gasteiger partial charge in [0.25, 0.3) is 5.91 Å². The van der Waals surface area contributed by atoms with Crippen LogP contribution in [0.2, 0.25) is 5.02 Å². The van der Waals surface area contributed by atoms with Crippen molar-refractivity contribution in [2.75, 3.05) is 6.54 Å². The average molecular weight is 269 g/mol. The van der Waals surface area contributed by atoms with Gasteiger partial charge in [-0.2, -0.15) is 0 Å². The van der Waals surface area contributed by atoms with E-state index in [2.05, 4.69) is 10.3 Å². The molecule has 98 valence electrons. The van der Waals surface area contributed by atoms with Gasteiger partial charge in [0.15, 0.2) is 0 Å². The maximum atomic E-state index is 11.9. The molecule has 1 amide bonds. The summed E-state index contributed by atoms with van der Waals surface area (Å²) in [5.74, 6) is 0.162. The molecule has 1 saturated carbocycles. The number of pyridine rings is 1.